The van der Waals surface area contributed by atoms with Crippen molar-refractivity contribution in [1.82, 2.24) is 14.4 Å². The van der Waals surface area contributed by atoms with Gasteiger partial charge in [-0.2, -0.15) is 0 Å². The molecule has 0 radical (unpaired) electrons. The van der Waals surface area contributed by atoms with Crippen molar-refractivity contribution in [2.24, 2.45) is 0 Å². The van der Waals surface area contributed by atoms with Crippen LogP contribution in [0.2, 0.25) is 0 Å². The van der Waals surface area contributed by atoms with Crippen molar-refractivity contribution < 1.29 is 19.8 Å². The van der Waals surface area contributed by atoms with E-state index in [-0.39, 0.29) is 23.4 Å². The number of hydrogen-bond donors (Lipinski definition) is 2. The number of imide groups is 1. The fourth-order valence-corrected chi connectivity index (χ4v) is 4.59. The fraction of sp³-hybridized carbons (Fsp3) is 0.217. The van der Waals surface area contributed by atoms with Crippen molar-refractivity contribution in [1.29, 1.82) is 0 Å². The highest BCUT2D eigenvalue weighted by Gasteiger charge is 2.44. The topological polar surface area (TPSA) is 86.0 Å². The highest BCUT2D eigenvalue weighted by atomic mass is 16.3. The molecule has 0 spiro atoms. The average Bonchev–Trinajstić information content (AvgIpc) is 3.03. The monoisotopic (exact) mass is 403 g/mol. The van der Waals surface area contributed by atoms with Gasteiger partial charge in [0.1, 0.15) is 11.5 Å². The summed E-state index contributed by atoms with van der Waals surface area (Å²) in [6.45, 7) is 4.84. The van der Waals surface area contributed by atoms with Crippen molar-refractivity contribution in [3.63, 3.8) is 0 Å². The van der Waals surface area contributed by atoms with Crippen LogP contribution in [0.4, 0.5) is 4.79 Å². The zero-order chi connectivity index (χ0) is 21.2. The number of fused-ring (bicyclic) bond motifs is 6. The van der Waals surface area contributed by atoms with Crippen LogP contribution in [0, 0.1) is 0 Å². The first-order valence-corrected chi connectivity index (χ1v) is 9.73. The minimum Gasteiger partial charge on any atom is -0.508 e. The quantitative estimate of drug-likeness (QED) is 0.656. The van der Waals surface area contributed by atoms with E-state index >= 15 is 0 Å². The van der Waals surface area contributed by atoms with Crippen LogP contribution in [0.5, 0.6) is 5.75 Å². The SMILES string of the molecule is C=C(O)c1ccc(Cn2c3c(c4cc(O)ccc42)C2CN(C3)C(=O)N(C)C2=O)cc1. The number of hydrogen-bond acceptors (Lipinski definition) is 4. The Morgan fingerprint density at radius 2 is 1.90 bits per heavy atom. The van der Waals surface area contributed by atoms with E-state index in [0.717, 1.165) is 27.7 Å². The predicted molar refractivity (Wildman–Crippen MR) is 112 cm³/mol. The van der Waals surface area contributed by atoms with Gasteiger partial charge in [-0.1, -0.05) is 30.8 Å². The van der Waals surface area contributed by atoms with Gasteiger partial charge in [0.25, 0.3) is 0 Å². The molecule has 1 aromatic heterocycles. The Kier molecular flexibility index (Phi) is 3.89. The van der Waals surface area contributed by atoms with E-state index in [4.69, 9.17) is 0 Å². The third kappa shape index (κ3) is 2.58. The number of carbonyl (C=O) groups excluding carboxylic acids is 2. The second kappa shape index (κ2) is 6.38. The van der Waals surface area contributed by atoms with Crippen molar-refractivity contribution in [3.8, 4) is 5.75 Å². The van der Waals surface area contributed by atoms with Gasteiger partial charge >= 0.3 is 6.03 Å². The van der Waals surface area contributed by atoms with Gasteiger partial charge in [0, 0.05) is 42.3 Å². The molecule has 1 saturated heterocycles. The molecule has 3 aromatic rings. The van der Waals surface area contributed by atoms with Crippen LogP contribution in [0.1, 0.15) is 28.3 Å². The summed E-state index contributed by atoms with van der Waals surface area (Å²) >= 11 is 0. The van der Waals surface area contributed by atoms with Gasteiger partial charge in [0.2, 0.25) is 5.91 Å². The largest absolute Gasteiger partial charge is 0.508 e. The lowest BCUT2D eigenvalue weighted by molar-refractivity contribution is -0.132. The fourth-order valence-electron chi connectivity index (χ4n) is 4.59. The number of aromatic nitrogens is 1. The van der Waals surface area contributed by atoms with E-state index in [1.165, 1.54) is 11.9 Å². The molecule has 1 fully saturated rings. The molecular weight excluding hydrogens is 382 g/mol. The van der Waals surface area contributed by atoms with Crippen LogP contribution in [0.3, 0.4) is 0 Å². The first kappa shape index (κ1) is 18.3. The van der Waals surface area contributed by atoms with Crippen molar-refractivity contribution >= 4 is 28.6 Å². The zero-order valence-electron chi connectivity index (χ0n) is 16.5. The summed E-state index contributed by atoms with van der Waals surface area (Å²) in [5.41, 5.74) is 4.38. The standard InChI is InChI=1S/C23H21N3O4/c1-13(27)15-5-3-14(4-6-15)10-26-19-8-7-16(28)9-17(19)21-18-11-25(12-20(21)26)23(30)24(2)22(18)29/h3-9,18,27-28H,1,10-12H2,2H3. The highest BCUT2D eigenvalue weighted by Crippen LogP contribution is 2.41. The third-order valence-corrected chi connectivity index (χ3v) is 6.10. The van der Waals surface area contributed by atoms with Crippen molar-refractivity contribution in [2.75, 3.05) is 13.6 Å². The normalized spacial score (nSPS) is 18.1. The number of phenols is 1. The number of aliphatic hydroxyl groups excluding tert-OH is 1. The molecule has 3 amide bonds. The lowest BCUT2D eigenvalue weighted by Crippen LogP contribution is -2.56. The Balaban J connectivity index is 1.67. The summed E-state index contributed by atoms with van der Waals surface area (Å²) in [7, 11) is 1.52. The smallest absolute Gasteiger partial charge is 0.326 e. The minimum absolute atomic E-state index is 0.0163. The van der Waals surface area contributed by atoms with E-state index in [9.17, 15) is 19.8 Å². The van der Waals surface area contributed by atoms with E-state index in [0.29, 0.717) is 25.2 Å². The molecule has 2 N–H and O–H groups in total. The molecule has 3 heterocycles. The number of aromatic hydroxyl groups is 1. The molecule has 0 aliphatic carbocycles. The van der Waals surface area contributed by atoms with Gasteiger partial charge in [-0.05, 0) is 29.3 Å². The summed E-state index contributed by atoms with van der Waals surface area (Å²) in [6.07, 6.45) is 0. The van der Waals surface area contributed by atoms with E-state index in [2.05, 4.69) is 11.1 Å². The molecule has 2 aliphatic rings. The van der Waals surface area contributed by atoms with Crippen LogP contribution >= 0.6 is 0 Å². The maximum Gasteiger partial charge on any atom is 0.326 e. The molecule has 1 unspecified atom stereocenters. The third-order valence-electron chi connectivity index (χ3n) is 6.10. The average molecular weight is 403 g/mol. The number of benzene rings is 2. The predicted octanol–water partition coefficient (Wildman–Crippen LogP) is 3.42. The number of aliphatic hydroxyl groups is 1. The second-order valence-corrected chi connectivity index (χ2v) is 7.90. The van der Waals surface area contributed by atoms with Crippen LogP contribution < -0.4 is 0 Å². The van der Waals surface area contributed by atoms with Gasteiger partial charge in [0.15, 0.2) is 0 Å². The molecule has 2 aliphatic heterocycles. The summed E-state index contributed by atoms with van der Waals surface area (Å²) in [4.78, 5) is 28.3. The number of phenolic OH excluding ortho intramolecular Hbond substituents is 1. The summed E-state index contributed by atoms with van der Waals surface area (Å²) in [5, 5.41) is 20.5. The van der Waals surface area contributed by atoms with Gasteiger partial charge < -0.3 is 19.7 Å². The van der Waals surface area contributed by atoms with Crippen LogP contribution in [0.25, 0.3) is 16.7 Å². The van der Waals surface area contributed by atoms with Crippen LogP contribution in [-0.2, 0) is 17.9 Å². The number of carbonyl (C=O) groups is 2. The Labute approximate surface area is 173 Å². The Morgan fingerprint density at radius 1 is 1.17 bits per heavy atom. The summed E-state index contributed by atoms with van der Waals surface area (Å²) in [5.74, 6) is -0.501. The first-order valence-electron chi connectivity index (χ1n) is 9.73. The molecule has 7 heteroatoms. The summed E-state index contributed by atoms with van der Waals surface area (Å²) in [6, 6.07) is 12.4. The van der Waals surface area contributed by atoms with Gasteiger partial charge in [-0.3, -0.25) is 9.69 Å². The number of rotatable bonds is 3. The molecule has 7 nitrogen and oxygen atoms in total. The van der Waals surface area contributed by atoms with E-state index in [1.807, 2.05) is 30.3 Å². The first-order chi connectivity index (χ1) is 14.3. The lowest BCUT2D eigenvalue weighted by atomic mass is 9.89. The maximum absolute atomic E-state index is 12.9. The number of amides is 3. The molecule has 0 saturated carbocycles. The number of likely N-dealkylation sites (N-methyl/N-ethyl adjacent to an activating group) is 1. The molecule has 2 aromatic carbocycles. The maximum atomic E-state index is 12.9. The van der Waals surface area contributed by atoms with Crippen molar-refractivity contribution in [3.05, 3.63) is 71.4 Å². The minimum atomic E-state index is -0.443. The lowest BCUT2D eigenvalue weighted by Gasteiger charge is -2.41. The second-order valence-electron chi connectivity index (χ2n) is 7.90. The molecule has 1 atom stereocenters. The Bertz CT molecular complexity index is 1230. The Morgan fingerprint density at radius 3 is 2.60 bits per heavy atom. The molecule has 152 valence electrons. The van der Waals surface area contributed by atoms with Crippen LogP contribution in [-0.4, -0.2) is 50.1 Å². The number of nitrogens with zero attached hydrogens (tertiary/aromatic N) is 3. The molecule has 2 bridgehead atoms. The van der Waals surface area contributed by atoms with Crippen LogP contribution in [0.15, 0.2) is 49.0 Å². The highest BCUT2D eigenvalue weighted by molar-refractivity contribution is 6.04. The van der Waals surface area contributed by atoms with Gasteiger partial charge in [0.05, 0.1) is 12.5 Å². The van der Waals surface area contributed by atoms with Crippen molar-refractivity contribution in [2.45, 2.75) is 19.0 Å². The summed E-state index contributed by atoms with van der Waals surface area (Å²) < 4.78 is 2.11. The van der Waals surface area contributed by atoms with E-state index in [1.54, 1.807) is 17.0 Å². The molecule has 30 heavy (non-hydrogen) atoms. The number of urea groups is 1. The zero-order valence-corrected chi connectivity index (χ0v) is 16.5. The van der Waals surface area contributed by atoms with E-state index < -0.39 is 5.92 Å². The van der Waals surface area contributed by atoms with Gasteiger partial charge in [-0.15, -0.1) is 0 Å². The molecular formula is C23H21N3O4. The van der Waals surface area contributed by atoms with Gasteiger partial charge in [-0.25, -0.2) is 4.79 Å². The molecule has 5 rings (SSSR count). The Hall–Kier alpha value is -3.74.